The number of rotatable bonds is 11. The molecule has 0 bridgehead atoms. The molecule has 222 valence electrons. The van der Waals surface area contributed by atoms with Gasteiger partial charge in [0.2, 0.25) is 5.91 Å². The van der Waals surface area contributed by atoms with E-state index in [9.17, 15) is 14.4 Å². The fourth-order valence-corrected chi connectivity index (χ4v) is 5.72. The van der Waals surface area contributed by atoms with Crippen molar-refractivity contribution < 1.29 is 33.3 Å². The van der Waals surface area contributed by atoms with Gasteiger partial charge in [0, 0.05) is 43.6 Å². The minimum absolute atomic E-state index is 0.0933. The molecule has 0 aromatic heterocycles. The molecule has 1 N–H and O–H groups in total. The number of nitrogens with one attached hydrogen (secondary N) is 1. The van der Waals surface area contributed by atoms with Crippen LogP contribution in [0.5, 0.6) is 11.5 Å². The maximum Gasteiger partial charge on any atom is 0.331 e. The topological polar surface area (TPSA) is 103 Å². The van der Waals surface area contributed by atoms with Crippen LogP contribution in [0.3, 0.4) is 0 Å². The highest BCUT2D eigenvalue weighted by Crippen LogP contribution is 2.44. The molecule has 9 nitrogen and oxygen atoms in total. The fraction of sp³-hybridized carbons (Fsp3) is 0.645. The first-order valence-corrected chi connectivity index (χ1v) is 14.3. The zero-order valence-electron chi connectivity index (χ0n) is 25.2. The first-order chi connectivity index (χ1) is 18.9. The number of carbonyl (C=O) groups excluding carboxylic acids is 3. The standard InChI is InChI=1S/C31H46N2O7/c1-18(2)13-22-17-33-12-11-21-14-26(37-7)27(38-8)15-23(21)24(33)16-25(22)40-29(35)10-9-28(34)32-30(19(3)4)31(36)39-20(5)6/h9-10,14-15,18-20,22,24-25,30H,11-13,16-17H2,1-8H3,(H,32,34)/b10-9+/t22-,24-,25-,30+/m1/s1. The number of fused-ring (bicyclic) bond motifs is 3. The van der Waals surface area contributed by atoms with Gasteiger partial charge in [-0.05, 0) is 61.8 Å². The van der Waals surface area contributed by atoms with Crippen molar-refractivity contribution in [3.05, 3.63) is 35.4 Å². The van der Waals surface area contributed by atoms with E-state index in [1.165, 1.54) is 11.1 Å². The van der Waals surface area contributed by atoms with Gasteiger partial charge in [-0.25, -0.2) is 9.59 Å². The third-order valence-electron chi connectivity index (χ3n) is 7.55. The average Bonchev–Trinajstić information content (AvgIpc) is 2.89. The van der Waals surface area contributed by atoms with E-state index in [2.05, 4.69) is 30.1 Å². The van der Waals surface area contributed by atoms with Crippen molar-refractivity contribution in [1.82, 2.24) is 10.2 Å². The molecule has 0 unspecified atom stereocenters. The molecular formula is C31H46N2O7. The van der Waals surface area contributed by atoms with Gasteiger partial charge in [0.1, 0.15) is 12.1 Å². The van der Waals surface area contributed by atoms with Crippen LogP contribution in [0.1, 0.15) is 71.6 Å². The Hall–Kier alpha value is -3.07. The van der Waals surface area contributed by atoms with E-state index in [-0.39, 0.29) is 30.1 Å². The van der Waals surface area contributed by atoms with Crippen LogP contribution in [0.15, 0.2) is 24.3 Å². The lowest BCUT2D eigenvalue weighted by molar-refractivity contribution is -0.152. The van der Waals surface area contributed by atoms with Gasteiger partial charge in [-0.2, -0.15) is 0 Å². The summed E-state index contributed by atoms with van der Waals surface area (Å²) in [7, 11) is 3.27. The number of esters is 2. The summed E-state index contributed by atoms with van der Waals surface area (Å²) in [6.45, 7) is 13.3. The van der Waals surface area contributed by atoms with E-state index in [1.807, 2.05) is 19.9 Å². The molecule has 1 aromatic carbocycles. The maximum absolute atomic E-state index is 12.9. The largest absolute Gasteiger partial charge is 0.493 e. The van der Waals surface area contributed by atoms with E-state index < -0.39 is 23.9 Å². The number of amides is 1. The lowest BCUT2D eigenvalue weighted by atomic mass is 9.79. The van der Waals surface area contributed by atoms with E-state index in [1.54, 1.807) is 28.1 Å². The maximum atomic E-state index is 12.9. The highest BCUT2D eigenvalue weighted by atomic mass is 16.5. The van der Waals surface area contributed by atoms with Crippen LogP contribution >= 0.6 is 0 Å². The molecule has 1 fully saturated rings. The molecule has 2 aliphatic rings. The van der Waals surface area contributed by atoms with Crippen LogP contribution in [-0.2, 0) is 30.3 Å². The second-order valence-corrected chi connectivity index (χ2v) is 11.8. The zero-order valence-corrected chi connectivity index (χ0v) is 25.2. The predicted molar refractivity (Wildman–Crippen MR) is 152 cm³/mol. The Morgan fingerprint density at radius 2 is 1.70 bits per heavy atom. The third-order valence-corrected chi connectivity index (χ3v) is 7.55. The summed E-state index contributed by atoms with van der Waals surface area (Å²) < 4.78 is 22.3. The molecule has 40 heavy (non-hydrogen) atoms. The number of hydrogen-bond acceptors (Lipinski definition) is 8. The van der Waals surface area contributed by atoms with E-state index in [4.69, 9.17) is 18.9 Å². The van der Waals surface area contributed by atoms with Gasteiger partial charge in [0.15, 0.2) is 11.5 Å². The third kappa shape index (κ3) is 7.99. The SMILES string of the molecule is COc1cc2c(cc1OC)[C@H]1C[C@@H](OC(=O)/C=C/C(=O)N[C@H](C(=O)OC(C)C)C(C)C)[C@H](CC(C)C)CN1CC2. The molecule has 1 saturated heterocycles. The van der Waals surface area contributed by atoms with Crippen molar-refractivity contribution in [2.75, 3.05) is 27.3 Å². The van der Waals surface area contributed by atoms with Crippen molar-refractivity contribution in [2.45, 2.75) is 85.1 Å². The number of nitrogens with zero attached hydrogens (tertiary/aromatic N) is 1. The van der Waals surface area contributed by atoms with Gasteiger partial charge in [0.25, 0.3) is 0 Å². The van der Waals surface area contributed by atoms with E-state index >= 15 is 0 Å². The van der Waals surface area contributed by atoms with Crippen molar-refractivity contribution in [3.63, 3.8) is 0 Å². The molecule has 0 aliphatic carbocycles. The Morgan fingerprint density at radius 1 is 1.02 bits per heavy atom. The molecule has 3 rings (SSSR count). The van der Waals surface area contributed by atoms with E-state index in [0.29, 0.717) is 23.8 Å². The van der Waals surface area contributed by atoms with Gasteiger partial charge in [-0.15, -0.1) is 0 Å². The van der Waals surface area contributed by atoms with Crippen molar-refractivity contribution >= 4 is 17.8 Å². The molecule has 2 heterocycles. The molecule has 0 radical (unpaired) electrons. The lowest BCUT2D eigenvalue weighted by Gasteiger charge is -2.47. The summed E-state index contributed by atoms with van der Waals surface area (Å²) in [6.07, 6.45) is 4.18. The van der Waals surface area contributed by atoms with Crippen LogP contribution in [0.25, 0.3) is 0 Å². The smallest absolute Gasteiger partial charge is 0.331 e. The summed E-state index contributed by atoms with van der Waals surface area (Å²) >= 11 is 0. The van der Waals surface area contributed by atoms with Crippen LogP contribution in [0, 0.1) is 17.8 Å². The number of hydrogen-bond donors (Lipinski definition) is 1. The summed E-state index contributed by atoms with van der Waals surface area (Å²) in [4.78, 5) is 40.3. The van der Waals surface area contributed by atoms with Crippen LogP contribution in [-0.4, -0.2) is 68.3 Å². The molecule has 0 spiro atoms. The summed E-state index contributed by atoms with van der Waals surface area (Å²) in [5, 5.41) is 2.65. The minimum Gasteiger partial charge on any atom is -0.493 e. The van der Waals surface area contributed by atoms with Crippen molar-refractivity contribution in [1.29, 1.82) is 0 Å². The molecule has 1 amide bonds. The lowest BCUT2D eigenvalue weighted by Crippen LogP contribution is -2.49. The summed E-state index contributed by atoms with van der Waals surface area (Å²) in [5.41, 5.74) is 2.40. The zero-order chi connectivity index (χ0) is 29.6. The first kappa shape index (κ1) is 31.5. The second-order valence-electron chi connectivity index (χ2n) is 11.8. The summed E-state index contributed by atoms with van der Waals surface area (Å²) in [6, 6.07) is 3.38. The highest BCUT2D eigenvalue weighted by molar-refractivity contribution is 5.96. The minimum atomic E-state index is -0.808. The van der Waals surface area contributed by atoms with Crippen LogP contribution in [0.4, 0.5) is 0 Å². The van der Waals surface area contributed by atoms with Crippen molar-refractivity contribution in [2.24, 2.45) is 17.8 Å². The van der Waals surface area contributed by atoms with E-state index in [0.717, 1.165) is 38.1 Å². The molecule has 9 heteroatoms. The Kier molecular flexibility index (Phi) is 11.0. The monoisotopic (exact) mass is 558 g/mol. The van der Waals surface area contributed by atoms with Crippen LogP contribution < -0.4 is 14.8 Å². The van der Waals surface area contributed by atoms with Gasteiger partial charge in [-0.3, -0.25) is 9.69 Å². The Bertz CT molecular complexity index is 1080. The second kappa shape index (κ2) is 14.0. The predicted octanol–water partition coefficient (Wildman–Crippen LogP) is 4.23. The Balaban J connectivity index is 1.73. The van der Waals surface area contributed by atoms with Crippen molar-refractivity contribution in [3.8, 4) is 11.5 Å². The first-order valence-electron chi connectivity index (χ1n) is 14.3. The van der Waals surface area contributed by atoms with Crippen LogP contribution in [0.2, 0.25) is 0 Å². The Morgan fingerprint density at radius 3 is 2.30 bits per heavy atom. The van der Waals surface area contributed by atoms with Gasteiger partial charge in [0.05, 0.1) is 20.3 Å². The summed E-state index contributed by atoms with van der Waals surface area (Å²) in [5.74, 6) is 0.237. The number of piperidine rings is 1. The average molecular weight is 559 g/mol. The Labute approximate surface area is 238 Å². The molecule has 1 aromatic rings. The quantitative estimate of drug-likeness (QED) is 0.318. The normalized spacial score (nSPS) is 21.6. The number of ether oxygens (including phenoxy) is 4. The molecule has 0 saturated carbocycles. The number of benzene rings is 1. The van der Waals surface area contributed by atoms with Gasteiger partial charge < -0.3 is 24.3 Å². The number of carbonyl (C=O) groups is 3. The molecular weight excluding hydrogens is 512 g/mol. The van der Waals surface area contributed by atoms with Gasteiger partial charge in [-0.1, -0.05) is 27.7 Å². The number of methoxy groups -OCH3 is 2. The molecule has 2 aliphatic heterocycles. The van der Waals surface area contributed by atoms with Gasteiger partial charge >= 0.3 is 11.9 Å². The fourth-order valence-electron chi connectivity index (χ4n) is 5.72. The molecule has 4 atom stereocenters. The highest BCUT2D eigenvalue weighted by Gasteiger charge is 2.41.